The van der Waals surface area contributed by atoms with Gasteiger partial charge in [-0.05, 0) is 64.2 Å². The number of unbranched alkanes of at least 4 members (excludes halogenated alkanes) is 24. The summed E-state index contributed by atoms with van der Waals surface area (Å²) in [5.74, 6) is -0.838. The molecule has 312 valence electrons. The van der Waals surface area contributed by atoms with Crippen LogP contribution < -0.4 is 5.73 Å². The Bertz CT molecular complexity index is 928. The fourth-order valence-electron chi connectivity index (χ4n) is 6.04. The van der Waals surface area contributed by atoms with E-state index in [0.717, 1.165) is 64.2 Å². The van der Waals surface area contributed by atoms with Crippen LogP contribution in [0.1, 0.15) is 206 Å². The van der Waals surface area contributed by atoms with Crippen molar-refractivity contribution in [3.63, 3.8) is 0 Å². The summed E-state index contributed by atoms with van der Waals surface area (Å²) < 4.78 is 32.8. The lowest BCUT2D eigenvalue weighted by Gasteiger charge is -2.19. The van der Waals surface area contributed by atoms with Crippen LogP contribution in [0.2, 0.25) is 0 Å². The average Bonchev–Trinajstić information content (AvgIpc) is 3.14. The van der Waals surface area contributed by atoms with Gasteiger partial charge < -0.3 is 20.1 Å². The highest BCUT2D eigenvalue weighted by Crippen LogP contribution is 2.43. The van der Waals surface area contributed by atoms with Gasteiger partial charge in [-0.2, -0.15) is 0 Å². The molecule has 0 aromatic heterocycles. The Morgan fingerprint density at radius 2 is 0.925 bits per heavy atom. The van der Waals surface area contributed by atoms with Gasteiger partial charge in [0.2, 0.25) is 0 Å². The predicted molar refractivity (Wildman–Crippen MR) is 220 cm³/mol. The summed E-state index contributed by atoms with van der Waals surface area (Å²) in [6, 6.07) is 0. The van der Waals surface area contributed by atoms with E-state index in [9.17, 15) is 19.0 Å². The van der Waals surface area contributed by atoms with E-state index in [2.05, 4.69) is 38.2 Å². The smallest absolute Gasteiger partial charge is 0.462 e. The molecule has 0 saturated heterocycles. The largest absolute Gasteiger partial charge is 0.472 e. The van der Waals surface area contributed by atoms with E-state index in [1.165, 1.54) is 109 Å². The van der Waals surface area contributed by atoms with Crippen molar-refractivity contribution in [2.45, 2.75) is 213 Å². The third-order valence-corrected chi connectivity index (χ3v) is 10.3. The quantitative estimate of drug-likeness (QED) is 0.0269. The van der Waals surface area contributed by atoms with Crippen molar-refractivity contribution in [2.75, 3.05) is 26.4 Å². The number of nitrogens with two attached hydrogens (primary N) is 1. The zero-order chi connectivity index (χ0) is 38.9. The molecule has 53 heavy (non-hydrogen) atoms. The number of carbonyl (C=O) groups excluding carboxylic acids is 2. The number of hydrogen-bond acceptors (Lipinski definition) is 8. The molecule has 0 aliphatic heterocycles. The Hall–Kier alpha value is -1.51. The topological polar surface area (TPSA) is 134 Å². The number of carbonyl (C=O) groups is 2. The number of ether oxygens (including phenoxy) is 2. The zero-order valence-corrected chi connectivity index (χ0v) is 35.2. The predicted octanol–water partition coefficient (Wildman–Crippen LogP) is 12.4. The van der Waals surface area contributed by atoms with Crippen LogP contribution in [-0.4, -0.2) is 49.3 Å². The molecule has 0 bridgehead atoms. The van der Waals surface area contributed by atoms with Crippen molar-refractivity contribution < 1.29 is 37.6 Å². The summed E-state index contributed by atoms with van der Waals surface area (Å²) in [6.45, 7) is 3.72. The van der Waals surface area contributed by atoms with Crippen molar-refractivity contribution in [1.82, 2.24) is 0 Å². The van der Waals surface area contributed by atoms with Gasteiger partial charge >= 0.3 is 19.8 Å². The second-order valence-corrected chi connectivity index (χ2v) is 16.0. The fourth-order valence-corrected chi connectivity index (χ4v) is 6.80. The molecular weight excluding hydrogens is 689 g/mol. The first-order chi connectivity index (χ1) is 25.8. The maximum Gasteiger partial charge on any atom is 0.472 e. The van der Waals surface area contributed by atoms with Crippen molar-refractivity contribution in [2.24, 2.45) is 5.73 Å². The molecule has 0 aliphatic carbocycles. The van der Waals surface area contributed by atoms with E-state index in [4.69, 9.17) is 24.3 Å². The van der Waals surface area contributed by atoms with E-state index in [1.54, 1.807) is 0 Å². The van der Waals surface area contributed by atoms with E-state index < -0.39 is 26.5 Å². The van der Waals surface area contributed by atoms with Crippen molar-refractivity contribution >= 4 is 19.8 Å². The second-order valence-electron chi connectivity index (χ2n) is 14.6. The lowest BCUT2D eigenvalue weighted by Crippen LogP contribution is -2.29. The zero-order valence-electron chi connectivity index (χ0n) is 34.3. The molecule has 0 fully saturated rings. The third kappa shape index (κ3) is 40.0. The van der Waals surface area contributed by atoms with Crippen molar-refractivity contribution in [3.8, 4) is 0 Å². The van der Waals surface area contributed by atoms with Crippen LogP contribution in [0.25, 0.3) is 0 Å². The Balaban J connectivity index is 4.16. The monoisotopic (exact) mass is 772 g/mol. The molecule has 0 heterocycles. The van der Waals surface area contributed by atoms with E-state index in [0.29, 0.717) is 6.42 Å². The number of hydrogen-bond donors (Lipinski definition) is 2. The number of allylic oxidation sites excluding steroid dienone is 4. The molecule has 2 unspecified atom stereocenters. The normalized spacial score (nSPS) is 13.5. The molecule has 0 aliphatic rings. The van der Waals surface area contributed by atoms with E-state index in [-0.39, 0.29) is 38.6 Å². The van der Waals surface area contributed by atoms with E-state index in [1.807, 2.05) is 0 Å². The van der Waals surface area contributed by atoms with Crippen LogP contribution in [-0.2, 0) is 32.7 Å². The highest BCUT2D eigenvalue weighted by atomic mass is 31.2. The maximum absolute atomic E-state index is 12.6. The van der Waals surface area contributed by atoms with Crippen LogP contribution in [0, 0.1) is 0 Å². The van der Waals surface area contributed by atoms with Gasteiger partial charge in [-0.3, -0.25) is 18.6 Å². The highest BCUT2D eigenvalue weighted by molar-refractivity contribution is 7.47. The summed E-state index contributed by atoms with van der Waals surface area (Å²) in [7, 11) is -4.38. The first-order valence-electron chi connectivity index (χ1n) is 21.8. The number of esters is 2. The first kappa shape index (κ1) is 51.5. The van der Waals surface area contributed by atoms with Crippen LogP contribution >= 0.6 is 7.82 Å². The standard InChI is InChI=1S/C43H82NO8P/c1-3-5-7-9-11-13-15-17-19-20-22-24-26-28-30-32-34-36-43(46)52-41(40-51-53(47,48)50-38-37-44)39-49-42(45)35-33-31-29-27-25-23-21-18-16-14-12-10-8-6-4-2/h17-19,21,41H,3-16,20,22-40,44H2,1-2H3,(H,47,48). The lowest BCUT2D eigenvalue weighted by atomic mass is 10.1. The second kappa shape index (κ2) is 40.2. The first-order valence-corrected chi connectivity index (χ1v) is 23.3. The Morgan fingerprint density at radius 3 is 1.34 bits per heavy atom. The highest BCUT2D eigenvalue weighted by Gasteiger charge is 2.26. The Kier molecular flexibility index (Phi) is 39.0. The molecule has 9 nitrogen and oxygen atoms in total. The molecule has 0 aromatic rings. The number of phosphoric acid groups is 1. The van der Waals surface area contributed by atoms with Crippen LogP contribution in [0.4, 0.5) is 0 Å². The third-order valence-electron chi connectivity index (χ3n) is 9.31. The molecule has 0 amide bonds. The van der Waals surface area contributed by atoms with Gasteiger partial charge in [0.15, 0.2) is 6.10 Å². The molecule has 10 heteroatoms. The molecule has 0 radical (unpaired) electrons. The van der Waals surface area contributed by atoms with Crippen molar-refractivity contribution in [3.05, 3.63) is 24.3 Å². The van der Waals surface area contributed by atoms with Gasteiger partial charge in [0.1, 0.15) is 6.61 Å². The Morgan fingerprint density at radius 1 is 0.547 bits per heavy atom. The van der Waals surface area contributed by atoms with E-state index >= 15 is 0 Å². The Labute approximate surface area is 325 Å². The van der Waals surface area contributed by atoms with Gasteiger partial charge in [-0.1, -0.05) is 154 Å². The van der Waals surface area contributed by atoms with Gasteiger partial charge in [0.25, 0.3) is 0 Å². The molecule has 2 atom stereocenters. The minimum atomic E-state index is -4.38. The summed E-state index contributed by atoms with van der Waals surface area (Å²) in [5, 5.41) is 0. The maximum atomic E-state index is 12.6. The summed E-state index contributed by atoms with van der Waals surface area (Å²) in [6.07, 6.45) is 42.0. The summed E-state index contributed by atoms with van der Waals surface area (Å²) in [5.41, 5.74) is 5.34. The average molecular weight is 772 g/mol. The molecule has 0 saturated carbocycles. The lowest BCUT2D eigenvalue weighted by molar-refractivity contribution is -0.161. The van der Waals surface area contributed by atoms with Gasteiger partial charge in [0.05, 0.1) is 13.2 Å². The molecule has 0 rings (SSSR count). The fraction of sp³-hybridized carbons (Fsp3) is 0.860. The van der Waals surface area contributed by atoms with Gasteiger partial charge in [0, 0.05) is 19.4 Å². The van der Waals surface area contributed by atoms with Crippen LogP contribution in [0.15, 0.2) is 24.3 Å². The molecular formula is C43H82NO8P. The van der Waals surface area contributed by atoms with Gasteiger partial charge in [-0.25, -0.2) is 4.57 Å². The number of rotatable bonds is 41. The van der Waals surface area contributed by atoms with Crippen molar-refractivity contribution in [1.29, 1.82) is 0 Å². The SMILES string of the molecule is CCCCCCCCC=CCCCCCCCCCC(=O)OC(COC(=O)CCCCCCCC=CCCCCCCCC)COP(=O)(O)OCCN. The van der Waals surface area contributed by atoms with Gasteiger partial charge in [-0.15, -0.1) is 0 Å². The molecule has 3 N–H and O–H groups in total. The van der Waals surface area contributed by atoms with Crippen LogP contribution in [0.3, 0.4) is 0 Å². The summed E-state index contributed by atoms with van der Waals surface area (Å²) >= 11 is 0. The summed E-state index contributed by atoms with van der Waals surface area (Å²) in [4.78, 5) is 34.8. The molecule has 0 aromatic carbocycles. The molecule has 0 spiro atoms. The number of phosphoric ester groups is 1. The minimum absolute atomic E-state index is 0.0526. The minimum Gasteiger partial charge on any atom is -0.462 e. The van der Waals surface area contributed by atoms with Crippen LogP contribution in [0.5, 0.6) is 0 Å².